The maximum Gasteiger partial charge on any atom is 0.264 e. The second-order valence-electron chi connectivity index (χ2n) is 10.9. The van der Waals surface area contributed by atoms with Crippen molar-refractivity contribution < 1.29 is 22.7 Å². The lowest BCUT2D eigenvalue weighted by atomic mass is 9.96. The summed E-state index contributed by atoms with van der Waals surface area (Å²) in [5.41, 5.74) is 6.98. The predicted octanol–water partition coefficient (Wildman–Crippen LogP) is 4.90. The molecule has 2 aliphatic rings. The van der Waals surface area contributed by atoms with E-state index in [-0.39, 0.29) is 58.6 Å². The van der Waals surface area contributed by atoms with Crippen LogP contribution in [0.15, 0.2) is 54.4 Å². The molecule has 2 aromatic carbocycles. The highest BCUT2D eigenvalue weighted by Gasteiger charge is 2.31. The first-order chi connectivity index (χ1) is 21.3. The molecule has 10 nitrogen and oxygen atoms in total. The van der Waals surface area contributed by atoms with Crippen LogP contribution >= 0.6 is 0 Å². The van der Waals surface area contributed by atoms with Crippen LogP contribution in [-0.4, -0.2) is 56.7 Å². The highest BCUT2D eigenvalue weighted by atomic mass is 19.2. The summed E-state index contributed by atoms with van der Waals surface area (Å²) in [6.45, 7) is 2.42. The number of amides is 1. The molecule has 2 fully saturated rings. The Morgan fingerprint density at radius 2 is 2.00 bits per heavy atom. The van der Waals surface area contributed by atoms with E-state index in [1.807, 2.05) is 0 Å². The van der Waals surface area contributed by atoms with Crippen molar-refractivity contribution in [2.24, 2.45) is 5.92 Å². The lowest BCUT2D eigenvalue weighted by Crippen LogP contribution is -2.41. The Labute approximate surface area is 250 Å². The van der Waals surface area contributed by atoms with Gasteiger partial charge in [0.15, 0.2) is 17.2 Å². The number of rotatable bonds is 6. The first-order valence-corrected chi connectivity index (χ1v) is 14.4. The molecule has 2 atom stereocenters. The summed E-state index contributed by atoms with van der Waals surface area (Å²) < 4.78 is 50.3. The van der Waals surface area contributed by atoms with Crippen molar-refractivity contribution >= 4 is 22.8 Å². The van der Waals surface area contributed by atoms with Crippen LogP contribution in [0.2, 0.25) is 0 Å². The summed E-state index contributed by atoms with van der Waals surface area (Å²) in [5, 5.41) is 18.1. The molecule has 6 rings (SSSR count). The van der Waals surface area contributed by atoms with Gasteiger partial charge in [-0.05, 0) is 62.4 Å². The van der Waals surface area contributed by atoms with E-state index in [0.29, 0.717) is 30.4 Å². The fourth-order valence-corrected chi connectivity index (χ4v) is 5.80. The lowest BCUT2D eigenvalue weighted by molar-refractivity contribution is -0.128. The number of halogens is 3. The molecule has 0 aliphatic carbocycles. The van der Waals surface area contributed by atoms with Gasteiger partial charge < -0.3 is 20.7 Å². The van der Waals surface area contributed by atoms with Crippen LogP contribution in [0.4, 0.5) is 19.0 Å². The Kier molecular flexibility index (Phi) is 8.17. The van der Waals surface area contributed by atoms with Gasteiger partial charge in [0.1, 0.15) is 41.0 Å². The second-order valence-corrected chi connectivity index (χ2v) is 10.9. The molecule has 2 saturated heterocycles. The van der Waals surface area contributed by atoms with E-state index in [9.17, 15) is 18.8 Å². The quantitative estimate of drug-likeness (QED) is 0.235. The standard InChI is InChI=1S/C31H29F3N8O2/c32-23-6-1-7-25(27(23)34)44-21-8-9-22(24(33)13-21)28-26-29(36)38-17-39-30(26)42(40-28)20-5-3-11-41(16-20)31(43)19(14-35)12-18-4-2-10-37-15-18/h1,6-9,12-13,17-18,20,37H,2-5,10-11,15-16H2,(H2,36,38,39)/b19-12-/t18?,20-/m0/s1. The van der Waals surface area contributed by atoms with Gasteiger partial charge in [0, 0.05) is 31.3 Å². The first kappa shape index (κ1) is 29.1. The minimum atomic E-state index is -1.19. The number of hydrogen-bond donors (Lipinski definition) is 2. The van der Waals surface area contributed by atoms with Gasteiger partial charge in [0.05, 0.1) is 11.4 Å². The number of nitriles is 1. The van der Waals surface area contributed by atoms with E-state index >= 15 is 4.39 Å². The molecule has 4 aromatic rings. The molecule has 2 aliphatic heterocycles. The van der Waals surface area contributed by atoms with Gasteiger partial charge in [-0.15, -0.1) is 0 Å². The third-order valence-corrected chi connectivity index (χ3v) is 7.98. The number of hydrogen-bond acceptors (Lipinski definition) is 8. The number of nitrogens with two attached hydrogens (primary N) is 1. The van der Waals surface area contributed by atoms with E-state index in [0.717, 1.165) is 38.1 Å². The molecule has 2 aromatic heterocycles. The smallest absolute Gasteiger partial charge is 0.264 e. The number of carbonyl (C=O) groups excluding carboxylic acids is 1. The largest absolute Gasteiger partial charge is 0.454 e. The van der Waals surface area contributed by atoms with Crippen LogP contribution in [-0.2, 0) is 4.79 Å². The Morgan fingerprint density at radius 3 is 2.77 bits per heavy atom. The minimum Gasteiger partial charge on any atom is -0.454 e. The minimum absolute atomic E-state index is 0.0458. The van der Waals surface area contributed by atoms with Crippen molar-refractivity contribution in [3.63, 3.8) is 0 Å². The van der Waals surface area contributed by atoms with Crippen LogP contribution in [0, 0.1) is 34.7 Å². The van der Waals surface area contributed by atoms with Gasteiger partial charge in [-0.25, -0.2) is 23.4 Å². The lowest BCUT2D eigenvalue weighted by Gasteiger charge is -2.33. The van der Waals surface area contributed by atoms with Gasteiger partial charge in [0.2, 0.25) is 5.82 Å². The molecule has 4 heterocycles. The molecule has 3 N–H and O–H groups in total. The summed E-state index contributed by atoms with van der Waals surface area (Å²) in [6, 6.07) is 9.09. The molecule has 13 heteroatoms. The number of anilines is 1. The Bertz CT molecular complexity index is 1790. The molecule has 44 heavy (non-hydrogen) atoms. The highest BCUT2D eigenvalue weighted by molar-refractivity contribution is 5.99. The zero-order chi connectivity index (χ0) is 30.8. The number of ether oxygens (including phenoxy) is 1. The normalized spacial score (nSPS) is 19.1. The number of carbonyl (C=O) groups is 1. The highest BCUT2D eigenvalue weighted by Crippen LogP contribution is 2.37. The average Bonchev–Trinajstić information content (AvgIpc) is 3.43. The Balaban J connectivity index is 1.30. The molecule has 0 spiro atoms. The number of likely N-dealkylation sites (tertiary alicyclic amines) is 1. The number of nitrogens with one attached hydrogen (secondary N) is 1. The van der Waals surface area contributed by atoms with Crippen LogP contribution in [0.5, 0.6) is 11.5 Å². The number of piperidine rings is 2. The van der Waals surface area contributed by atoms with Crippen molar-refractivity contribution in [2.75, 3.05) is 31.9 Å². The molecule has 226 valence electrons. The fourth-order valence-electron chi connectivity index (χ4n) is 5.80. The SMILES string of the molecule is N#C/C(=C/C1CCCNC1)C(=O)N1CCC[C@H](n2nc(-c3ccc(Oc4cccc(F)c4F)cc3F)c3c(N)ncnc32)C1. The third kappa shape index (κ3) is 5.68. The van der Waals surface area contributed by atoms with Crippen molar-refractivity contribution in [1.82, 2.24) is 30.0 Å². The summed E-state index contributed by atoms with van der Waals surface area (Å²) in [4.78, 5) is 23.5. The molecular weight excluding hydrogens is 573 g/mol. The number of nitrogens with zero attached hydrogens (tertiary/aromatic N) is 6. The number of benzene rings is 2. The van der Waals surface area contributed by atoms with Gasteiger partial charge in [-0.3, -0.25) is 4.79 Å². The molecule has 1 unspecified atom stereocenters. The summed E-state index contributed by atoms with van der Waals surface area (Å²) in [6.07, 6.45) is 6.29. The third-order valence-electron chi connectivity index (χ3n) is 7.98. The maximum absolute atomic E-state index is 15.5. The van der Waals surface area contributed by atoms with Gasteiger partial charge in [-0.1, -0.05) is 12.1 Å². The van der Waals surface area contributed by atoms with Gasteiger partial charge in [0.25, 0.3) is 5.91 Å². The molecule has 0 saturated carbocycles. The molecule has 0 bridgehead atoms. The van der Waals surface area contributed by atoms with Crippen molar-refractivity contribution in [3.05, 3.63) is 71.8 Å². The van der Waals surface area contributed by atoms with Gasteiger partial charge in [-0.2, -0.15) is 14.8 Å². The summed E-state index contributed by atoms with van der Waals surface area (Å²) in [5.74, 6) is -3.55. The van der Waals surface area contributed by atoms with Gasteiger partial charge >= 0.3 is 0 Å². The fraction of sp³-hybridized carbons (Fsp3) is 0.323. The predicted molar refractivity (Wildman–Crippen MR) is 156 cm³/mol. The van der Waals surface area contributed by atoms with E-state index in [1.54, 1.807) is 15.7 Å². The van der Waals surface area contributed by atoms with E-state index in [4.69, 9.17) is 15.6 Å². The topological polar surface area (TPSA) is 135 Å². The van der Waals surface area contributed by atoms with Crippen LogP contribution < -0.4 is 15.8 Å². The average molecular weight is 603 g/mol. The second kappa shape index (κ2) is 12.3. The molecular formula is C31H29F3N8O2. The summed E-state index contributed by atoms with van der Waals surface area (Å²) in [7, 11) is 0. The molecule has 0 radical (unpaired) electrons. The Hall–Kier alpha value is -4.96. The number of fused-ring (bicyclic) bond motifs is 1. The van der Waals surface area contributed by atoms with Crippen molar-refractivity contribution in [3.8, 4) is 28.8 Å². The number of aromatic nitrogens is 4. The van der Waals surface area contributed by atoms with Crippen LogP contribution in [0.3, 0.4) is 0 Å². The zero-order valence-electron chi connectivity index (χ0n) is 23.6. The first-order valence-electron chi connectivity index (χ1n) is 14.4. The van der Waals surface area contributed by atoms with Crippen molar-refractivity contribution in [2.45, 2.75) is 31.7 Å². The maximum atomic E-state index is 15.5. The molecule has 1 amide bonds. The van der Waals surface area contributed by atoms with Crippen LogP contribution in [0.25, 0.3) is 22.3 Å². The monoisotopic (exact) mass is 602 g/mol. The van der Waals surface area contributed by atoms with Crippen LogP contribution in [0.1, 0.15) is 31.7 Å². The van der Waals surface area contributed by atoms with E-state index < -0.39 is 17.5 Å². The van der Waals surface area contributed by atoms with E-state index in [1.165, 1.54) is 30.6 Å². The van der Waals surface area contributed by atoms with Crippen molar-refractivity contribution in [1.29, 1.82) is 5.26 Å². The Morgan fingerprint density at radius 1 is 1.14 bits per heavy atom. The number of nitrogen functional groups attached to an aromatic ring is 1. The summed E-state index contributed by atoms with van der Waals surface area (Å²) >= 11 is 0. The zero-order valence-corrected chi connectivity index (χ0v) is 23.6. The van der Waals surface area contributed by atoms with E-state index in [2.05, 4.69) is 21.4 Å².